The topological polar surface area (TPSA) is 57.5 Å². The van der Waals surface area contributed by atoms with Crippen LogP contribution < -0.4 is 0 Å². The van der Waals surface area contributed by atoms with Crippen molar-refractivity contribution in [3.8, 4) is 0 Å². The molecule has 21 heavy (non-hydrogen) atoms. The van der Waals surface area contributed by atoms with Crippen molar-refractivity contribution in [2.24, 2.45) is 11.8 Å². The maximum absolute atomic E-state index is 13.2. The van der Waals surface area contributed by atoms with Gasteiger partial charge in [0.2, 0.25) is 0 Å². The maximum atomic E-state index is 13.2. The third-order valence-corrected chi connectivity index (χ3v) is 5.50. The lowest BCUT2D eigenvalue weighted by molar-refractivity contribution is -0.142. The molecule has 1 aromatic carbocycles. The van der Waals surface area contributed by atoms with Crippen LogP contribution in [-0.4, -0.2) is 22.3 Å². The second-order valence-corrected chi connectivity index (χ2v) is 6.57. The van der Waals surface area contributed by atoms with Crippen LogP contribution in [0.25, 0.3) is 0 Å². The fourth-order valence-corrected chi connectivity index (χ4v) is 4.74. The van der Waals surface area contributed by atoms with Gasteiger partial charge in [0.25, 0.3) is 0 Å². The summed E-state index contributed by atoms with van der Waals surface area (Å²) in [7, 11) is 0. The molecule has 4 heteroatoms. The number of carboxylic acids is 1. The van der Waals surface area contributed by atoms with Gasteiger partial charge in [0, 0.05) is 5.41 Å². The number of aliphatic hydroxyl groups excluding tert-OH is 1. The van der Waals surface area contributed by atoms with Gasteiger partial charge in [0.05, 0.1) is 12.5 Å². The summed E-state index contributed by atoms with van der Waals surface area (Å²) in [5, 5.41) is 19.5. The Morgan fingerprint density at radius 2 is 1.76 bits per heavy atom. The number of hydrogen-bond donors (Lipinski definition) is 2. The van der Waals surface area contributed by atoms with Gasteiger partial charge in [-0.3, -0.25) is 4.79 Å². The van der Waals surface area contributed by atoms with E-state index in [0.717, 1.165) is 24.8 Å². The number of fused-ring (bicyclic) bond motifs is 2. The molecule has 2 N–H and O–H groups in total. The molecular formula is C17H21FO3. The molecule has 0 amide bonds. The molecule has 2 bridgehead atoms. The normalized spacial score (nSPS) is 35.4. The fraction of sp³-hybridized carbons (Fsp3) is 0.588. The molecule has 0 heterocycles. The van der Waals surface area contributed by atoms with Gasteiger partial charge in [-0.15, -0.1) is 0 Å². The SMILES string of the molecule is O=C(O)CC1(c2ccc(F)cc2)[C@H]2CCC[C@H]1CC(O)C2. The van der Waals surface area contributed by atoms with E-state index in [1.165, 1.54) is 12.1 Å². The van der Waals surface area contributed by atoms with Crippen molar-refractivity contribution >= 4 is 5.97 Å². The predicted molar refractivity (Wildman–Crippen MR) is 76.4 cm³/mol. The Bertz CT molecular complexity index is 511. The third-order valence-electron chi connectivity index (χ3n) is 5.50. The molecule has 114 valence electrons. The first-order chi connectivity index (χ1) is 10.0. The molecule has 1 aromatic rings. The molecule has 0 aliphatic heterocycles. The van der Waals surface area contributed by atoms with Crippen molar-refractivity contribution in [1.82, 2.24) is 0 Å². The van der Waals surface area contributed by atoms with E-state index in [-0.39, 0.29) is 30.2 Å². The summed E-state index contributed by atoms with van der Waals surface area (Å²) in [6, 6.07) is 6.31. The zero-order valence-corrected chi connectivity index (χ0v) is 12.0. The molecule has 0 unspecified atom stereocenters. The number of carboxylic acid groups (broad SMARTS) is 1. The largest absolute Gasteiger partial charge is 0.481 e. The quantitative estimate of drug-likeness (QED) is 0.900. The Hall–Kier alpha value is -1.42. The van der Waals surface area contributed by atoms with Gasteiger partial charge in [-0.25, -0.2) is 4.39 Å². The number of halogens is 1. The van der Waals surface area contributed by atoms with Gasteiger partial charge in [-0.05, 0) is 55.2 Å². The van der Waals surface area contributed by atoms with Gasteiger partial charge in [-0.1, -0.05) is 18.6 Å². The number of carbonyl (C=O) groups is 1. The molecular weight excluding hydrogens is 271 g/mol. The number of rotatable bonds is 3. The Kier molecular flexibility index (Phi) is 3.74. The monoisotopic (exact) mass is 292 g/mol. The van der Waals surface area contributed by atoms with Crippen molar-refractivity contribution < 1.29 is 19.4 Å². The number of hydrogen-bond acceptors (Lipinski definition) is 2. The van der Waals surface area contributed by atoms with Crippen LogP contribution in [0.4, 0.5) is 4.39 Å². The molecule has 2 aliphatic carbocycles. The summed E-state index contributed by atoms with van der Waals surface area (Å²) in [5.41, 5.74) is 0.477. The summed E-state index contributed by atoms with van der Waals surface area (Å²) in [5.74, 6) is -0.777. The van der Waals surface area contributed by atoms with Crippen LogP contribution in [0.1, 0.15) is 44.1 Å². The van der Waals surface area contributed by atoms with Gasteiger partial charge in [0.15, 0.2) is 0 Å². The minimum absolute atomic E-state index is 0.0701. The summed E-state index contributed by atoms with van der Waals surface area (Å²) in [6.45, 7) is 0. The van der Waals surface area contributed by atoms with Crippen LogP contribution in [-0.2, 0) is 10.2 Å². The Morgan fingerprint density at radius 1 is 1.19 bits per heavy atom. The number of aliphatic hydroxyl groups is 1. The highest BCUT2D eigenvalue weighted by molar-refractivity contribution is 5.69. The van der Waals surface area contributed by atoms with Crippen molar-refractivity contribution in [3.05, 3.63) is 35.6 Å². The first-order valence-corrected chi connectivity index (χ1v) is 7.68. The summed E-state index contributed by atoms with van der Waals surface area (Å²) >= 11 is 0. The first kappa shape index (κ1) is 14.5. The van der Waals surface area contributed by atoms with Gasteiger partial charge in [-0.2, -0.15) is 0 Å². The minimum Gasteiger partial charge on any atom is -0.481 e. The van der Waals surface area contributed by atoms with Crippen molar-refractivity contribution in [2.75, 3.05) is 0 Å². The highest BCUT2D eigenvalue weighted by Gasteiger charge is 2.53. The zero-order valence-electron chi connectivity index (χ0n) is 12.0. The molecule has 0 saturated heterocycles. The van der Waals surface area contributed by atoms with E-state index in [1.807, 2.05) is 0 Å². The van der Waals surface area contributed by atoms with Crippen LogP contribution in [0.5, 0.6) is 0 Å². The molecule has 2 fully saturated rings. The third kappa shape index (κ3) is 2.46. The highest BCUT2D eigenvalue weighted by Crippen LogP contribution is 2.56. The summed E-state index contributed by atoms with van der Waals surface area (Å²) in [4.78, 5) is 11.5. The van der Waals surface area contributed by atoms with E-state index >= 15 is 0 Å². The Morgan fingerprint density at radius 3 is 2.29 bits per heavy atom. The summed E-state index contributed by atoms with van der Waals surface area (Å²) in [6.07, 6.45) is 4.02. The molecule has 0 spiro atoms. The van der Waals surface area contributed by atoms with Crippen LogP contribution in [0.3, 0.4) is 0 Å². The molecule has 2 atom stereocenters. The molecule has 3 nitrogen and oxygen atoms in total. The van der Waals surface area contributed by atoms with E-state index < -0.39 is 11.4 Å². The van der Waals surface area contributed by atoms with Crippen LogP contribution in [0.2, 0.25) is 0 Å². The van der Waals surface area contributed by atoms with Crippen molar-refractivity contribution in [3.63, 3.8) is 0 Å². The van der Waals surface area contributed by atoms with E-state index in [1.54, 1.807) is 12.1 Å². The van der Waals surface area contributed by atoms with Crippen molar-refractivity contribution in [1.29, 1.82) is 0 Å². The van der Waals surface area contributed by atoms with Crippen molar-refractivity contribution in [2.45, 2.75) is 50.0 Å². The second-order valence-electron chi connectivity index (χ2n) is 6.57. The summed E-state index contributed by atoms with van der Waals surface area (Å²) < 4.78 is 13.2. The lowest BCUT2D eigenvalue weighted by Crippen LogP contribution is -2.52. The molecule has 0 radical (unpaired) electrons. The Labute approximate surface area is 123 Å². The predicted octanol–water partition coefficient (Wildman–Crippen LogP) is 3.11. The van der Waals surface area contributed by atoms with E-state index in [4.69, 9.17) is 0 Å². The number of aliphatic carboxylic acids is 1. The Balaban J connectivity index is 2.08. The lowest BCUT2D eigenvalue weighted by atomic mass is 9.50. The van der Waals surface area contributed by atoms with Gasteiger partial charge in [0.1, 0.15) is 5.82 Å². The average Bonchev–Trinajstić information content (AvgIpc) is 2.40. The second kappa shape index (κ2) is 5.41. The van der Waals surface area contributed by atoms with E-state index in [2.05, 4.69) is 0 Å². The van der Waals surface area contributed by atoms with E-state index in [9.17, 15) is 19.4 Å². The minimum atomic E-state index is -0.812. The molecule has 0 aromatic heterocycles. The molecule has 3 rings (SSSR count). The standard InChI is InChI=1S/C17H21FO3/c18-14-6-4-11(5-7-14)17(10-16(20)21)12-2-1-3-13(17)9-15(19)8-12/h4-7,12-13,15,19H,1-3,8-10H2,(H,20,21)/t12-,13-,15?,17?/m0/s1. The first-order valence-electron chi connectivity index (χ1n) is 7.68. The van der Waals surface area contributed by atoms with Crippen LogP contribution in [0.15, 0.2) is 24.3 Å². The molecule has 2 saturated carbocycles. The molecule has 2 aliphatic rings. The number of benzene rings is 1. The van der Waals surface area contributed by atoms with E-state index in [0.29, 0.717) is 12.8 Å². The smallest absolute Gasteiger partial charge is 0.304 e. The average molecular weight is 292 g/mol. The maximum Gasteiger partial charge on any atom is 0.304 e. The van der Waals surface area contributed by atoms with Gasteiger partial charge >= 0.3 is 5.97 Å². The van der Waals surface area contributed by atoms with Crippen LogP contribution >= 0.6 is 0 Å². The highest BCUT2D eigenvalue weighted by atomic mass is 19.1. The lowest BCUT2D eigenvalue weighted by Gasteiger charge is -2.54. The fourth-order valence-electron chi connectivity index (χ4n) is 4.74. The zero-order chi connectivity index (χ0) is 15.0. The van der Waals surface area contributed by atoms with Crippen LogP contribution in [0, 0.1) is 17.7 Å². The van der Waals surface area contributed by atoms with Gasteiger partial charge < -0.3 is 10.2 Å².